The Morgan fingerprint density at radius 1 is 1.36 bits per heavy atom. The van der Waals surface area contributed by atoms with E-state index >= 15 is 0 Å². The predicted molar refractivity (Wildman–Crippen MR) is 101 cm³/mol. The van der Waals surface area contributed by atoms with Crippen LogP contribution in [-0.4, -0.2) is 40.7 Å². The van der Waals surface area contributed by atoms with E-state index < -0.39 is 0 Å². The molecule has 0 bridgehead atoms. The van der Waals surface area contributed by atoms with Gasteiger partial charge in [0.25, 0.3) is 5.91 Å². The second-order valence-corrected chi connectivity index (χ2v) is 7.64. The van der Waals surface area contributed by atoms with E-state index in [0.717, 1.165) is 30.9 Å². The van der Waals surface area contributed by atoms with Crippen LogP contribution in [0.25, 0.3) is 10.1 Å². The Balaban J connectivity index is 1.63. The molecule has 1 aliphatic rings. The lowest BCUT2D eigenvalue weighted by Gasteiger charge is -2.16. The van der Waals surface area contributed by atoms with Gasteiger partial charge in [-0.1, -0.05) is 18.2 Å². The lowest BCUT2D eigenvalue weighted by atomic mass is 9.95. The standard InChI is InChI=1S/C19H22N4OS/c1-20-19(24)18-17(15-5-3-4-6-16(15)25-18)13-8-10-23(11-13)12-14-7-9-21-22(14)2/h3-7,9,13H,8,10-12H2,1-2H3,(H,20,24)/t13-/m1/s1. The number of carbonyl (C=O) groups excluding carboxylic acids is 1. The maximum absolute atomic E-state index is 12.4. The van der Waals surface area contributed by atoms with Crippen molar-refractivity contribution in [2.75, 3.05) is 20.1 Å². The van der Waals surface area contributed by atoms with Crippen LogP contribution in [0, 0.1) is 0 Å². The van der Waals surface area contributed by atoms with Gasteiger partial charge >= 0.3 is 0 Å². The minimum atomic E-state index is 0.0290. The first-order valence-corrected chi connectivity index (χ1v) is 9.41. The molecule has 130 valence electrons. The Kier molecular flexibility index (Phi) is 4.31. The van der Waals surface area contributed by atoms with Crippen molar-refractivity contribution in [1.82, 2.24) is 20.0 Å². The van der Waals surface area contributed by atoms with Crippen molar-refractivity contribution in [3.63, 3.8) is 0 Å². The number of aromatic nitrogens is 2. The molecule has 3 aromatic rings. The van der Waals surface area contributed by atoms with Crippen LogP contribution in [0.1, 0.15) is 33.3 Å². The normalized spacial score (nSPS) is 18.1. The molecule has 0 aliphatic carbocycles. The molecule has 0 radical (unpaired) electrons. The van der Waals surface area contributed by atoms with Gasteiger partial charge in [-0.2, -0.15) is 5.10 Å². The van der Waals surface area contributed by atoms with E-state index in [1.807, 2.05) is 24.0 Å². The van der Waals surface area contributed by atoms with Gasteiger partial charge in [0.05, 0.1) is 10.6 Å². The Morgan fingerprint density at radius 3 is 2.96 bits per heavy atom. The zero-order valence-electron chi connectivity index (χ0n) is 14.5. The highest BCUT2D eigenvalue weighted by molar-refractivity contribution is 7.21. The molecular formula is C19H22N4OS. The highest BCUT2D eigenvalue weighted by Crippen LogP contribution is 2.40. The van der Waals surface area contributed by atoms with Gasteiger partial charge in [-0.05, 0) is 36.0 Å². The van der Waals surface area contributed by atoms with Crippen LogP contribution in [-0.2, 0) is 13.6 Å². The third kappa shape index (κ3) is 2.96. The number of amides is 1. The van der Waals surface area contributed by atoms with Gasteiger partial charge < -0.3 is 5.32 Å². The van der Waals surface area contributed by atoms with E-state index in [4.69, 9.17) is 0 Å². The molecule has 1 N–H and O–H groups in total. The molecule has 0 saturated carbocycles. The van der Waals surface area contributed by atoms with Crippen LogP contribution in [0.5, 0.6) is 0 Å². The lowest BCUT2D eigenvalue weighted by Crippen LogP contribution is -2.22. The fourth-order valence-electron chi connectivity index (χ4n) is 3.75. The second-order valence-electron chi connectivity index (χ2n) is 6.59. The van der Waals surface area contributed by atoms with Crippen molar-refractivity contribution in [3.8, 4) is 0 Å². The summed E-state index contributed by atoms with van der Waals surface area (Å²) in [5.74, 6) is 0.429. The molecule has 1 atom stereocenters. The van der Waals surface area contributed by atoms with E-state index in [2.05, 4.69) is 39.6 Å². The van der Waals surface area contributed by atoms with E-state index in [-0.39, 0.29) is 5.91 Å². The fraction of sp³-hybridized carbons (Fsp3) is 0.368. The molecule has 4 rings (SSSR count). The second kappa shape index (κ2) is 6.61. The SMILES string of the molecule is CNC(=O)c1sc2ccccc2c1[C@@H]1CCN(Cc2ccnn2C)C1. The predicted octanol–water partition coefficient (Wildman–Crippen LogP) is 2.98. The number of likely N-dealkylation sites (tertiary alicyclic amines) is 1. The Hall–Kier alpha value is -2.18. The first-order valence-electron chi connectivity index (χ1n) is 8.60. The van der Waals surface area contributed by atoms with E-state index in [0.29, 0.717) is 5.92 Å². The zero-order chi connectivity index (χ0) is 17.4. The largest absolute Gasteiger partial charge is 0.354 e. The molecule has 6 heteroatoms. The monoisotopic (exact) mass is 354 g/mol. The quantitative estimate of drug-likeness (QED) is 0.784. The summed E-state index contributed by atoms with van der Waals surface area (Å²) in [6.07, 6.45) is 2.93. The summed E-state index contributed by atoms with van der Waals surface area (Å²) in [5, 5.41) is 8.30. The zero-order valence-corrected chi connectivity index (χ0v) is 15.3. The van der Waals surface area contributed by atoms with Crippen molar-refractivity contribution >= 4 is 27.3 Å². The van der Waals surface area contributed by atoms with Crippen molar-refractivity contribution < 1.29 is 4.79 Å². The van der Waals surface area contributed by atoms with Crippen LogP contribution in [0.4, 0.5) is 0 Å². The van der Waals surface area contributed by atoms with Crippen molar-refractivity contribution in [1.29, 1.82) is 0 Å². The number of thiophene rings is 1. The molecule has 1 aliphatic heterocycles. The van der Waals surface area contributed by atoms with Crippen LogP contribution >= 0.6 is 11.3 Å². The Morgan fingerprint density at radius 2 is 2.20 bits per heavy atom. The summed E-state index contributed by atoms with van der Waals surface area (Å²) in [5.41, 5.74) is 2.45. The number of aryl methyl sites for hydroxylation is 1. The molecule has 25 heavy (non-hydrogen) atoms. The number of fused-ring (bicyclic) bond motifs is 1. The maximum Gasteiger partial charge on any atom is 0.261 e. The summed E-state index contributed by atoms with van der Waals surface area (Å²) in [6.45, 7) is 2.94. The fourth-order valence-corrected chi connectivity index (χ4v) is 4.99. The highest BCUT2D eigenvalue weighted by Gasteiger charge is 2.30. The first-order chi connectivity index (χ1) is 12.2. The molecular weight excluding hydrogens is 332 g/mol. The highest BCUT2D eigenvalue weighted by atomic mass is 32.1. The minimum Gasteiger partial charge on any atom is -0.354 e. The number of hydrogen-bond donors (Lipinski definition) is 1. The number of nitrogens with one attached hydrogen (secondary N) is 1. The number of carbonyl (C=O) groups is 1. The van der Waals surface area contributed by atoms with Gasteiger partial charge in [-0.15, -0.1) is 11.3 Å². The molecule has 3 heterocycles. The number of rotatable bonds is 4. The average Bonchev–Trinajstić information content (AvgIpc) is 3.33. The van der Waals surface area contributed by atoms with Crippen LogP contribution < -0.4 is 5.32 Å². The van der Waals surface area contributed by atoms with Crippen molar-refractivity contribution in [2.45, 2.75) is 18.9 Å². The van der Waals surface area contributed by atoms with Gasteiger partial charge in [-0.3, -0.25) is 14.4 Å². The smallest absolute Gasteiger partial charge is 0.261 e. The molecule has 0 unspecified atom stereocenters. The first kappa shape index (κ1) is 16.3. The average molecular weight is 354 g/mol. The van der Waals surface area contributed by atoms with Crippen LogP contribution in [0.15, 0.2) is 36.5 Å². The number of benzene rings is 1. The molecule has 1 fully saturated rings. The van der Waals surface area contributed by atoms with Crippen LogP contribution in [0.2, 0.25) is 0 Å². The third-order valence-electron chi connectivity index (χ3n) is 5.06. The molecule has 2 aromatic heterocycles. The van der Waals surface area contributed by atoms with Gasteiger partial charge in [-0.25, -0.2) is 0 Å². The summed E-state index contributed by atoms with van der Waals surface area (Å²) in [7, 11) is 3.69. The Labute approximate surface area is 151 Å². The minimum absolute atomic E-state index is 0.0290. The summed E-state index contributed by atoms with van der Waals surface area (Å²) >= 11 is 1.61. The number of nitrogens with zero attached hydrogens (tertiary/aromatic N) is 3. The Bertz CT molecular complexity index is 913. The third-order valence-corrected chi connectivity index (χ3v) is 6.24. The number of hydrogen-bond acceptors (Lipinski definition) is 4. The summed E-state index contributed by atoms with van der Waals surface area (Å²) in [4.78, 5) is 15.7. The molecule has 1 saturated heterocycles. The van der Waals surface area contributed by atoms with Crippen LogP contribution in [0.3, 0.4) is 0 Å². The van der Waals surface area contributed by atoms with E-state index in [1.54, 1.807) is 18.4 Å². The topological polar surface area (TPSA) is 50.2 Å². The van der Waals surface area contributed by atoms with Gasteiger partial charge in [0.1, 0.15) is 0 Å². The maximum atomic E-state index is 12.4. The molecule has 1 amide bonds. The molecule has 1 aromatic carbocycles. The molecule has 0 spiro atoms. The molecule has 5 nitrogen and oxygen atoms in total. The lowest BCUT2D eigenvalue weighted by molar-refractivity contribution is 0.0966. The van der Waals surface area contributed by atoms with E-state index in [1.165, 1.54) is 21.3 Å². The van der Waals surface area contributed by atoms with Gasteiger partial charge in [0.15, 0.2) is 0 Å². The summed E-state index contributed by atoms with van der Waals surface area (Å²) < 4.78 is 3.13. The van der Waals surface area contributed by atoms with Crippen molar-refractivity contribution in [3.05, 3.63) is 52.7 Å². The van der Waals surface area contributed by atoms with Gasteiger partial charge in [0, 0.05) is 44.0 Å². The van der Waals surface area contributed by atoms with Crippen molar-refractivity contribution in [2.24, 2.45) is 7.05 Å². The van der Waals surface area contributed by atoms with E-state index in [9.17, 15) is 4.79 Å². The van der Waals surface area contributed by atoms with Gasteiger partial charge in [0.2, 0.25) is 0 Å². The summed E-state index contributed by atoms with van der Waals surface area (Å²) in [6, 6.07) is 10.4.